The summed E-state index contributed by atoms with van der Waals surface area (Å²) in [5, 5.41) is 10.5. The zero-order valence-corrected chi connectivity index (χ0v) is 10.6. The van der Waals surface area contributed by atoms with E-state index in [0.717, 1.165) is 5.39 Å². The second-order valence-electron chi connectivity index (χ2n) is 3.91. The van der Waals surface area contributed by atoms with Crippen molar-refractivity contribution in [1.82, 2.24) is 4.57 Å². The summed E-state index contributed by atoms with van der Waals surface area (Å²) in [7, 11) is 0. The Kier molecular flexibility index (Phi) is 3.41. The zero-order valence-electron chi connectivity index (χ0n) is 9.81. The normalized spacial score (nSPS) is 10.6. The molecular formula is C13H12ClNO3. The van der Waals surface area contributed by atoms with Gasteiger partial charge >= 0.3 is 6.09 Å². The molecule has 0 saturated carbocycles. The molecule has 2 rings (SSSR count). The van der Waals surface area contributed by atoms with E-state index in [9.17, 15) is 9.90 Å². The van der Waals surface area contributed by atoms with Crippen molar-refractivity contribution in [3.05, 3.63) is 47.3 Å². The Morgan fingerprint density at radius 1 is 1.56 bits per heavy atom. The van der Waals surface area contributed by atoms with Gasteiger partial charge in [0.15, 0.2) is 0 Å². The van der Waals surface area contributed by atoms with Crippen LogP contribution in [0, 0.1) is 0 Å². The average Bonchev–Trinajstić information content (AvgIpc) is 2.70. The van der Waals surface area contributed by atoms with Crippen LogP contribution in [-0.4, -0.2) is 15.8 Å². The Hall–Kier alpha value is -1.78. The van der Waals surface area contributed by atoms with Crippen LogP contribution >= 0.6 is 11.6 Å². The van der Waals surface area contributed by atoms with E-state index in [0.29, 0.717) is 21.9 Å². The van der Waals surface area contributed by atoms with Crippen molar-refractivity contribution < 1.29 is 14.6 Å². The summed E-state index contributed by atoms with van der Waals surface area (Å²) in [5.41, 5.74) is 1.26. The minimum absolute atomic E-state index is 0.142. The number of rotatable bonds is 2. The van der Waals surface area contributed by atoms with Gasteiger partial charge in [-0.3, -0.25) is 4.57 Å². The Labute approximate surface area is 109 Å². The van der Waals surface area contributed by atoms with E-state index in [4.69, 9.17) is 16.3 Å². The molecule has 0 bridgehead atoms. The standard InChI is InChI=1S/C13H12ClNO3/c1-8(2)18-13(17)15-4-3-11-9(7-16)5-10(14)6-12(11)15/h3-6,16H,1,7H2,2H3. The molecule has 94 valence electrons. The van der Waals surface area contributed by atoms with Crippen LogP contribution in [0.5, 0.6) is 0 Å². The number of carbonyl (C=O) groups excluding carboxylic acids is 1. The molecule has 1 aromatic heterocycles. The van der Waals surface area contributed by atoms with Crippen LogP contribution in [0.3, 0.4) is 0 Å². The van der Waals surface area contributed by atoms with Gasteiger partial charge in [0.2, 0.25) is 0 Å². The van der Waals surface area contributed by atoms with Crippen LogP contribution in [0.25, 0.3) is 10.9 Å². The van der Waals surface area contributed by atoms with Crippen LogP contribution in [0.2, 0.25) is 5.02 Å². The fourth-order valence-corrected chi connectivity index (χ4v) is 2.00. The minimum Gasteiger partial charge on any atom is -0.415 e. The summed E-state index contributed by atoms with van der Waals surface area (Å²) in [6.45, 7) is 4.96. The highest BCUT2D eigenvalue weighted by Gasteiger charge is 2.13. The third kappa shape index (κ3) is 2.25. The maximum Gasteiger partial charge on any atom is 0.423 e. The van der Waals surface area contributed by atoms with Gasteiger partial charge in [-0.25, -0.2) is 4.79 Å². The molecule has 0 amide bonds. The van der Waals surface area contributed by atoms with Crippen molar-refractivity contribution in [2.45, 2.75) is 13.5 Å². The summed E-state index contributed by atoms with van der Waals surface area (Å²) >= 11 is 5.95. The van der Waals surface area contributed by atoms with Gasteiger partial charge in [-0.15, -0.1) is 0 Å². The quantitative estimate of drug-likeness (QED) is 0.848. The third-order valence-electron chi connectivity index (χ3n) is 2.49. The van der Waals surface area contributed by atoms with Crippen molar-refractivity contribution in [3.63, 3.8) is 0 Å². The van der Waals surface area contributed by atoms with E-state index >= 15 is 0 Å². The van der Waals surface area contributed by atoms with Gasteiger partial charge < -0.3 is 9.84 Å². The molecule has 0 aliphatic heterocycles. The topological polar surface area (TPSA) is 51.5 Å². The SMILES string of the molecule is C=C(C)OC(=O)n1ccc2c(CO)cc(Cl)cc21. The molecule has 0 radical (unpaired) electrons. The number of aliphatic hydroxyl groups is 1. The summed E-state index contributed by atoms with van der Waals surface area (Å²) < 4.78 is 6.27. The average molecular weight is 266 g/mol. The Morgan fingerprint density at radius 3 is 2.89 bits per heavy atom. The highest BCUT2D eigenvalue weighted by molar-refractivity contribution is 6.31. The first-order valence-electron chi connectivity index (χ1n) is 5.31. The zero-order chi connectivity index (χ0) is 13.3. The second kappa shape index (κ2) is 4.84. The molecule has 1 N–H and O–H groups in total. The predicted molar refractivity (Wildman–Crippen MR) is 69.6 cm³/mol. The van der Waals surface area contributed by atoms with Crippen molar-refractivity contribution in [2.24, 2.45) is 0 Å². The molecule has 0 atom stereocenters. The molecule has 5 heteroatoms. The summed E-state index contributed by atoms with van der Waals surface area (Å²) in [6, 6.07) is 5.05. The largest absolute Gasteiger partial charge is 0.423 e. The lowest BCUT2D eigenvalue weighted by molar-refractivity contribution is 0.179. The van der Waals surface area contributed by atoms with Gasteiger partial charge in [-0.2, -0.15) is 0 Å². The fraction of sp³-hybridized carbons (Fsp3) is 0.154. The van der Waals surface area contributed by atoms with Crippen molar-refractivity contribution in [3.8, 4) is 0 Å². The van der Waals surface area contributed by atoms with Gasteiger partial charge in [-0.1, -0.05) is 18.2 Å². The van der Waals surface area contributed by atoms with Gasteiger partial charge in [0.05, 0.1) is 17.9 Å². The highest BCUT2D eigenvalue weighted by atomic mass is 35.5. The number of benzene rings is 1. The van der Waals surface area contributed by atoms with E-state index in [1.807, 2.05) is 0 Å². The van der Waals surface area contributed by atoms with Crippen LogP contribution in [-0.2, 0) is 11.3 Å². The number of ether oxygens (including phenoxy) is 1. The Morgan fingerprint density at radius 2 is 2.28 bits per heavy atom. The molecule has 0 fully saturated rings. The van der Waals surface area contributed by atoms with Crippen molar-refractivity contribution >= 4 is 28.6 Å². The molecular weight excluding hydrogens is 254 g/mol. The lowest BCUT2D eigenvalue weighted by atomic mass is 10.1. The highest BCUT2D eigenvalue weighted by Crippen LogP contribution is 2.25. The molecule has 4 nitrogen and oxygen atoms in total. The third-order valence-corrected chi connectivity index (χ3v) is 2.71. The summed E-state index contributed by atoms with van der Waals surface area (Å²) in [4.78, 5) is 11.8. The molecule has 0 aliphatic carbocycles. The molecule has 18 heavy (non-hydrogen) atoms. The Bertz CT molecular complexity index is 630. The lowest BCUT2D eigenvalue weighted by Crippen LogP contribution is -2.11. The number of aromatic nitrogens is 1. The van der Waals surface area contributed by atoms with Crippen LogP contribution < -0.4 is 0 Å². The van der Waals surface area contributed by atoms with Crippen LogP contribution in [0.1, 0.15) is 12.5 Å². The molecule has 0 spiro atoms. The van der Waals surface area contributed by atoms with Gasteiger partial charge in [0.1, 0.15) is 0 Å². The maximum absolute atomic E-state index is 11.8. The molecule has 1 aromatic carbocycles. The van der Waals surface area contributed by atoms with Crippen LogP contribution in [0.4, 0.5) is 4.79 Å². The minimum atomic E-state index is -0.552. The van der Waals surface area contributed by atoms with Gasteiger partial charge in [0.25, 0.3) is 0 Å². The number of hydrogen-bond acceptors (Lipinski definition) is 3. The van der Waals surface area contributed by atoms with Crippen molar-refractivity contribution in [1.29, 1.82) is 0 Å². The van der Waals surface area contributed by atoms with Crippen LogP contribution in [0.15, 0.2) is 36.7 Å². The van der Waals surface area contributed by atoms with E-state index in [2.05, 4.69) is 6.58 Å². The van der Waals surface area contributed by atoms with E-state index in [1.54, 1.807) is 31.3 Å². The fourth-order valence-electron chi connectivity index (χ4n) is 1.77. The van der Waals surface area contributed by atoms with E-state index in [1.165, 1.54) is 4.57 Å². The van der Waals surface area contributed by atoms with Crippen molar-refractivity contribution in [2.75, 3.05) is 0 Å². The first-order valence-corrected chi connectivity index (χ1v) is 5.68. The lowest BCUT2D eigenvalue weighted by Gasteiger charge is -2.06. The Balaban J connectivity index is 2.57. The molecule has 0 aliphatic rings. The number of aliphatic hydroxyl groups excluding tert-OH is 1. The maximum atomic E-state index is 11.8. The van der Waals surface area contributed by atoms with Gasteiger partial charge in [-0.05, 0) is 30.7 Å². The number of allylic oxidation sites excluding steroid dienone is 1. The number of carbonyl (C=O) groups is 1. The number of halogens is 1. The van der Waals surface area contributed by atoms with E-state index < -0.39 is 6.09 Å². The molecule has 0 saturated heterocycles. The second-order valence-corrected chi connectivity index (χ2v) is 4.35. The molecule has 0 unspecified atom stereocenters. The monoisotopic (exact) mass is 265 g/mol. The number of nitrogens with zero attached hydrogens (tertiary/aromatic N) is 1. The molecule has 2 aromatic rings. The molecule has 1 heterocycles. The predicted octanol–water partition coefficient (Wildman–Crippen LogP) is 3.31. The number of hydrogen-bond donors (Lipinski definition) is 1. The summed E-state index contributed by atoms with van der Waals surface area (Å²) in [6.07, 6.45) is 1.02. The smallest absolute Gasteiger partial charge is 0.415 e. The number of fused-ring (bicyclic) bond motifs is 1. The summed E-state index contributed by atoms with van der Waals surface area (Å²) in [5.74, 6) is 0.311. The van der Waals surface area contributed by atoms with Gasteiger partial charge in [0, 0.05) is 16.6 Å². The first-order chi connectivity index (χ1) is 8.52. The van der Waals surface area contributed by atoms with E-state index in [-0.39, 0.29) is 6.61 Å². The first kappa shape index (κ1) is 12.7.